The fraction of sp³-hybridized carbons (Fsp3) is 0.391. The van der Waals surface area contributed by atoms with Gasteiger partial charge < -0.3 is 29.2 Å². The lowest BCUT2D eigenvalue weighted by molar-refractivity contribution is -0.147. The van der Waals surface area contributed by atoms with Crippen LogP contribution in [0, 0.1) is 0 Å². The molecule has 0 bridgehead atoms. The van der Waals surface area contributed by atoms with Crippen LogP contribution >= 0.6 is 0 Å². The van der Waals surface area contributed by atoms with Crippen LogP contribution in [0.5, 0.6) is 11.5 Å². The van der Waals surface area contributed by atoms with Gasteiger partial charge in [-0.15, -0.1) is 0 Å². The first-order valence-corrected chi connectivity index (χ1v) is 10.7. The van der Waals surface area contributed by atoms with Gasteiger partial charge in [-0.05, 0) is 42.3 Å². The van der Waals surface area contributed by atoms with Crippen LogP contribution in [0.15, 0.2) is 36.4 Å². The second-order valence-electron chi connectivity index (χ2n) is 7.73. The van der Waals surface area contributed by atoms with Crippen molar-refractivity contribution < 1.29 is 41.7 Å². The zero-order valence-corrected chi connectivity index (χ0v) is 18.2. The molecule has 1 saturated heterocycles. The number of carbonyl (C=O) groups excluding carboxylic acids is 2. The Morgan fingerprint density at radius 3 is 2.56 bits per heavy atom. The van der Waals surface area contributed by atoms with Gasteiger partial charge in [-0.25, -0.2) is 0 Å². The van der Waals surface area contributed by atoms with E-state index in [2.05, 4.69) is 5.32 Å². The number of nitrogens with one attached hydrogen (secondary N) is 1. The quantitative estimate of drug-likeness (QED) is 0.608. The van der Waals surface area contributed by atoms with E-state index in [9.17, 15) is 22.8 Å². The maximum absolute atomic E-state index is 13.2. The highest BCUT2D eigenvalue weighted by Gasteiger charge is 2.32. The van der Waals surface area contributed by atoms with Crippen LogP contribution in [0.4, 0.5) is 24.5 Å². The molecule has 2 aromatic rings. The van der Waals surface area contributed by atoms with Crippen molar-refractivity contribution >= 4 is 23.3 Å². The lowest BCUT2D eigenvalue weighted by atomic mass is 10.1. The molecule has 0 saturated carbocycles. The predicted molar refractivity (Wildman–Crippen MR) is 115 cm³/mol. The number of anilines is 2. The van der Waals surface area contributed by atoms with Gasteiger partial charge in [0.1, 0.15) is 0 Å². The van der Waals surface area contributed by atoms with Crippen molar-refractivity contribution in [3.05, 3.63) is 47.5 Å². The van der Waals surface area contributed by atoms with Crippen LogP contribution in [0.3, 0.4) is 0 Å². The molecule has 0 aromatic heterocycles. The molecular weight excluding hydrogens is 457 g/mol. The van der Waals surface area contributed by atoms with E-state index in [1.807, 2.05) is 4.90 Å². The number of ether oxygens (including phenoxy) is 4. The molecule has 0 atom stereocenters. The van der Waals surface area contributed by atoms with E-state index in [0.29, 0.717) is 49.9 Å². The Kier molecular flexibility index (Phi) is 7.11. The second-order valence-corrected chi connectivity index (χ2v) is 7.73. The van der Waals surface area contributed by atoms with E-state index in [1.54, 1.807) is 18.2 Å². The highest BCUT2D eigenvalue weighted by atomic mass is 19.4. The van der Waals surface area contributed by atoms with Crippen molar-refractivity contribution in [1.29, 1.82) is 0 Å². The molecule has 2 heterocycles. The summed E-state index contributed by atoms with van der Waals surface area (Å²) >= 11 is 0. The molecule has 0 radical (unpaired) electrons. The maximum atomic E-state index is 13.2. The second kappa shape index (κ2) is 10.2. The highest BCUT2D eigenvalue weighted by Crippen LogP contribution is 2.36. The molecule has 1 amide bonds. The largest absolute Gasteiger partial charge is 0.456 e. The molecule has 8 nitrogen and oxygen atoms in total. The number of hydrogen-bond donors (Lipinski definition) is 1. The van der Waals surface area contributed by atoms with Crippen LogP contribution in [0.25, 0.3) is 0 Å². The molecule has 2 aliphatic rings. The summed E-state index contributed by atoms with van der Waals surface area (Å²) in [7, 11) is 0. The topological polar surface area (TPSA) is 86.3 Å². The van der Waals surface area contributed by atoms with Gasteiger partial charge in [0.2, 0.25) is 6.79 Å². The van der Waals surface area contributed by atoms with Gasteiger partial charge in [-0.2, -0.15) is 13.2 Å². The van der Waals surface area contributed by atoms with Gasteiger partial charge in [-0.1, -0.05) is 6.07 Å². The van der Waals surface area contributed by atoms with Gasteiger partial charge in [0.05, 0.1) is 30.2 Å². The first-order valence-electron chi connectivity index (χ1n) is 10.7. The van der Waals surface area contributed by atoms with Crippen molar-refractivity contribution in [1.82, 2.24) is 0 Å². The average Bonchev–Trinajstić information content (AvgIpc) is 3.29. The lowest BCUT2D eigenvalue weighted by Gasteiger charge is -2.31. The molecule has 4 rings (SSSR count). The van der Waals surface area contributed by atoms with Crippen molar-refractivity contribution in [3.63, 3.8) is 0 Å². The van der Waals surface area contributed by atoms with Crippen LogP contribution in [-0.2, 0) is 31.7 Å². The Morgan fingerprint density at radius 2 is 1.79 bits per heavy atom. The number of benzene rings is 2. The van der Waals surface area contributed by atoms with E-state index in [0.717, 1.165) is 17.7 Å². The summed E-state index contributed by atoms with van der Waals surface area (Å²) in [5, 5.41) is 2.45. The van der Waals surface area contributed by atoms with Gasteiger partial charge in [0, 0.05) is 19.5 Å². The van der Waals surface area contributed by atoms with Gasteiger partial charge in [0.15, 0.2) is 18.1 Å². The van der Waals surface area contributed by atoms with Gasteiger partial charge >= 0.3 is 12.1 Å². The Labute approximate surface area is 193 Å². The number of alkyl halides is 3. The van der Waals surface area contributed by atoms with Crippen LogP contribution in [0.1, 0.15) is 17.5 Å². The van der Waals surface area contributed by atoms with E-state index in [1.165, 1.54) is 6.07 Å². The molecule has 11 heteroatoms. The number of halogens is 3. The Balaban J connectivity index is 1.33. The predicted octanol–water partition coefficient (Wildman–Crippen LogP) is 3.39. The fourth-order valence-electron chi connectivity index (χ4n) is 3.64. The summed E-state index contributed by atoms with van der Waals surface area (Å²) < 4.78 is 60.4. The fourth-order valence-corrected chi connectivity index (χ4v) is 3.64. The van der Waals surface area contributed by atoms with Gasteiger partial charge in [0.25, 0.3) is 5.91 Å². The van der Waals surface area contributed by atoms with E-state index < -0.39 is 30.2 Å². The van der Waals surface area contributed by atoms with Gasteiger partial charge in [-0.3, -0.25) is 9.59 Å². The third-order valence-electron chi connectivity index (χ3n) is 5.37. The smallest absolute Gasteiger partial charge is 0.416 e. The lowest BCUT2D eigenvalue weighted by Crippen LogP contribution is -2.37. The van der Waals surface area contributed by atoms with E-state index in [-0.39, 0.29) is 18.9 Å². The SMILES string of the molecule is O=C(COC(=O)CCc1ccc2c(c1)OCO2)Nc1cc(C(F)(F)F)ccc1N1CCOCC1. The minimum absolute atomic E-state index is 0.00173. The number of amides is 1. The number of carbonyl (C=O) groups is 2. The van der Waals surface area contributed by atoms with Crippen LogP contribution in [-0.4, -0.2) is 51.6 Å². The third kappa shape index (κ3) is 5.90. The Morgan fingerprint density at radius 1 is 1.03 bits per heavy atom. The van der Waals surface area contributed by atoms with E-state index >= 15 is 0 Å². The van der Waals surface area contributed by atoms with E-state index in [4.69, 9.17) is 18.9 Å². The molecular formula is C23H23F3N2O6. The zero-order valence-electron chi connectivity index (χ0n) is 18.2. The summed E-state index contributed by atoms with van der Waals surface area (Å²) in [4.78, 5) is 26.3. The zero-order chi connectivity index (χ0) is 24.1. The number of nitrogens with zero attached hydrogens (tertiary/aromatic N) is 1. The summed E-state index contributed by atoms with van der Waals surface area (Å²) in [6, 6.07) is 8.48. The maximum Gasteiger partial charge on any atom is 0.416 e. The molecule has 2 aromatic carbocycles. The van der Waals surface area contributed by atoms with Crippen molar-refractivity contribution in [2.75, 3.05) is 49.9 Å². The van der Waals surface area contributed by atoms with Crippen LogP contribution in [0.2, 0.25) is 0 Å². The molecule has 2 aliphatic heterocycles. The Hall–Kier alpha value is -3.47. The first-order chi connectivity index (χ1) is 16.3. The summed E-state index contributed by atoms with van der Waals surface area (Å²) in [5.41, 5.74) is 0.391. The number of aryl methyl sites for hydroxylation is 1. The van der Waals surface area contributed by atoms with Crippen molar-refractivity contribution in [3.8, 4) is 11.5 Å². The first kappa shape index (κ1) is 23.7. The van der Waals surface area contributed by atoms with Crippen molar-refractivity contribution in [2.24, 2.45) is 0 Å². The minimum Gasteiger partial charge on any atom is -0.456 e. The number of hydrogen-bond acceptors (Lipinski definition) is 7. The monoisotopic (exact) mass is 480 g/mol. The third-order valence-corrected chi connectivity index (χ3v) is 5.37. The summed E-state index contributed by atoms with van der Waals surface area (Å²) in [5.74, 6) is -0.105. The number of fused-ring (bicyclic) bond motifs is 1. The molecule has 1 fully saturated rings. The van der Waals surface area contributed by atoms with Crippen LogP contribution < -0.4 is 19.7 Å². The minimum atomic E-state index is -4.57. The summed E-state index contributed by atoms with van der Waals surface area (Å²) in [6.07, 6.45) is -4.17. The molecule has 1 N–H and O–H groups in total. The molecule has 34 heavy (non-hydrogen) atoms. The molecule has 0 unspecified atom stereocenters. The molecule has 182 valence electrons. The normalized spacial score (nSPS) is 15.2. The molecule has 0 aliphatic carbocycles. The van der Waals surface area contributed by atoms with Crippen molar-refractivity contribution in [2.45, 2.75) is 19.0 Å². The standard InChI is InChI=1S/C23H23F3N2O6/c24-23(25,26)16-3-4-18(28-7-9-31-10-8-28)17(12-16)27-21(29)13-32-22(30)6-2-15-1-5-19-20(11-15)34-14-33-19/h1,3-5,11-12H,2,6-10,13-14H2,(H,27,29). The number of esters is 1. The summed E-state index contributed by atoms with van der Waals surface area (Å²) in [6.45, 7) is 1.34. The number of morpholine rings is 1. The average molecular weight is 480 g/mol. The number of rotatable bonds is 7. The Bertz CT molecular complexity index is 1050. The highest BCUT2D eigenvalue weighted by molar-refractivity contribution is 5.96. The molecule has 0 spiro atoms.